The lowest BCUT2D eigenvalue weighted by molar-refractivity contribution is -0.0334. The van der Waals surface area contributed by atoms with E-state index in [1.54, 1.807) is 11.3 Å². The zero-order chi connectivity index (χ0) is 14.7. The Morgan fingerprint density at radius 2 is 2.38 bits per heavy atom. The van der Waals surface area contributed by atoms with Crippen molar-refractivity contribution in [2.75, 3.05) is 32.8 Å². The molecule has 0 bridgehead atoms. The smallest absolute Gasteiger partial charge is 0.277 e. The number of rotatable bonds is 5. The van der Waals surface area contributed by atoms with Crippen LogP contribution in [0.4, 0.5) is 0 Å². The van der Waals surface area contributed by atoms with E-state index < -0.39 is 0 Å². The zero-order valence-corrected chi connectivity index (χ0v) is 12.8. The van der Waals surface area contributed by atoms with Crippen LogP contribution in [-0.2, 0) is 11.2 Å². The van der Waals surface area contributed by atoms with Crippen LogP contribution >= 0.6 is 11.3 Å². The van der Waals surface area contributed by atoms with Gasteiger partial charge in [-0.05, 0) is 13.1 Å². The molecule has 1 saturated heterocycles. The Bertz CT molecular complexity index is 585. The Balaban J connectivity index is 1.73. The van der Waals surface area contributed by atoms with E-state index >= 15 is 0 Å². The summed E-state index contributed by atoms with van der Waals surface area (Å²) in [5.41, 5.74) is 6.24. The Morgan fingerprint density at radius 3 is 3.19 bits per heavy atom. The van der Waals surface area contributed by atoms with E-state index in [9.17, 15) is 0 Å². The average Bonchev–Trinajstić information content (AvgIpc) is 3.16. The molecular formula is C13H19N5O2S. The summed E-state index contributed by atoms with van der Waals surface area (Å²) in [6.07, 6.45) is 0.640. The van der Waals surface area contributed by atoms with Gasteiger partial charge in [-0.3, -0.25) is 4.90 Å². The van der Waals surface area contributed by atoms with E-state index in [1.807, 2.05) is 5.38 Å². The summed E-state index contributed by atoms with van der Waals surface area (Å²) in [6.45, 7) is 6.17. The molecule has 8 heteroatoms. The number of hydrogen-bond donors (Lipinski definition) is 1. The molecule has 0 saturated carbocycles. The largest absolute Gasteiger partial charge is 0.367 e. The zero-order valence-electron chi connectivity index (χ0n) is 12.0. The van der Waals surface area contributed by atoms with Crippen molar-refractivity contribution in [2.45, 2.75) is 19.4 Å². The Morgan fingerprint density at radius 1 is 1.48 bits per heavy atom. The molecule has 0 aliphatic carbocycles. The lowest BCUT2D eigenvalue weighted by Crippen LogP contribution is -2.38. The second kappa shape index (κ2) is 6.61. The normalized spacial score (nSPS) is 20.0. The molecule has 2 aromatic heterocycles. The lowest BCUT2D eigenvalue weighted by Gasteiger charge is -2.30. The fourth-order valence-electron chi connectivity index (χ4n) is 2.26. The molecule has 0 amide bonds. The van der Waals surface area contributed by atoms with Crippen LogP contribution in [-0.4, -0.2) is 52.8 Å². The van der Waals surface area contributed by atoms with Crippen LogP contribution in [0.25, 0.3) is 11.6 Å². The van der Waals surface area contributed by atoms with Crippen molar-refractivity contribution in [2.24, 2.45) is 5.73 Å². The third kappa shape index (κ3) is 3.29. The first kappa shape index (κ1) is 14.6. The average molecular weight is 309 g/mol. The van der Waals surface area contributed by atoms with Crippen molar-refractivity contribution in [3.63, 3.8) is 0 Å². The number of hydrogen-bond acceptors (Lipinski definition) is 8. The molecule has 3 heterocycles. The predicted molar refractivity (Wildman–Crippen MR) is 79.0 cm³/mol. The Kier molecular flexibility index (Phi) is 4.59. The predicted octanol–water partition coefficient (Wildman–Crippen LogP) is 1.09. The van der Waals surface area contributed by atoms with E-state index in [2.05, 4.69) is 26.9 Å². The third-order valence-electron chi connectivity index (χ3n) is 3.46. The standard InChI is InChI=1S/C13H19N5O2S/c1-2-18-5-6-19-10(7-18)12-16-13(20-17-12)9-8-21-11(15-9)3-4-14/h8,10H,2-7,14H2,1H3. The van der Waals surface area contributed by atoms with Gasteiger partial charge in [0.1, 0.15) is 11.8 Å². The molecule has 2 aromatic rings. The van der Waals surface area contributed by atoms with Gasteiger partial charge >= 0.3 is 0 Å². The molecule has 3 rings (SSSR count). The minimum Gasteiger partial charge on any atom is -0.367 e. The molecule has 1 aliphatic heterocycles. The number of ether oxygens (including phenoxy) is 1. The van der Waals surface area contributed by atoms with Gasteiger partial charge in [0.15, 0.2) is 0 Å². The van der Waals surface area contributed by atoms with E-state index in [0.717, 1.165) is 31.1 Å². The number of nitrogens with two attached hydrogens (primary N) is 1. The highest BCUT2D eigenvalue weighted by Crippen LogP contribution is 2.24. The van der Waals surface area contributed by atoms with Crippen LogP contribution in [0, 0.1) is 0 Å². The van der Waals surface area contributed by atoms with Gasteiger partial charge in [0.2, 0.25) is 5.82 Å². The summed E-state index contributed by atoms with van der Waals surface area (Å²) < 4.78 is 11.0. The molecule has 0 spiro atoms. The van der Waals surface area contributed by atoms with E-state index in [0.29, 0.717) is 30.6 Å². The van der Waals surface area contributed by atoms with E-state index in [4.69, 9.17) is 15.0 Å². The molecule has 7 nitrogen and oxygen atoms in total. The Hall–Kier alpha value is -1.35. The number of likely N-dealkylation sites (N-methyl/N-ethyl adjacent to an activating group) is 1. The molecule has 114 valence electrons. The first-order chi connectivity index (χ1) is 10.3. The highest BCUT2D eigenvalue weighted by Gasteiger charge is 2.26. The number of nitrogens with zero attached hydrogens (tertiary/aromatic N) is 4. The van der Waals surface area contributed by atoms with Gasteiger partial charge in [0.25, 0.3) is 5.89 Å². The number of morpholine rings is 1. The van der Waals surface area contributed by atoms with Gasteiger partial charge in [-0.1, -0.05) is 12.1 Å². The fraction of sp³-hybridized carbons (Fsp3) is 0.615. The van der Waals surface area contributed by atoms with Gasteiger partial charge in [-0.25, -0.2) is 4.98 Å². The second-order valence-corrected chi connectivity index (χ2v) is 5.82. The van der Waals surface area contributed by atoms with Crippen LogP contribution in [0.5, 0.6) is 0 Å². The molecule has 1 atom stereocenters. The topological polar surface area (TPSA) is 90.3 Å². The third-order valence-corrected chi connectivity index (χ3v) is 4.37. The quantitative estimate of drug-likeness (QED) is 0.884. The second-order valence-electron chi connectivity index (χ2n) is 4.88. The highest BCUT2D eigenvalue weighted by atomic mass is 32.1. The summed E-state index contributed by atoms with van der Waals surface area (Å²) in [5.74, 6) is 1.04. The molecule has 1 aliphatic rings. The molecule has 1 unspecified atom stereocenters. The minimum atomic E-state index is -0.127. The Labute approximate surface area is 127 Å². The summed E-state index contributed by atoms with van der Waals surface area (Å²) in [6, 6.07) is 0. The molecule has 1 fully saturated rings. The maximum atomic E-state index is 5.73. The van der Waals surface area contributed by atoms with Crippen molar-refractivity contribution in [1.82, 2.24) is 20.0 Å². The van der Waals surface area contributed by atoms with E-state index in [1.165, 1.54) is 0 Å². The van der Waals surface area contributed by atoms with Gasteiger partial charge in [0, 0.05) is 24.9 Å². The molecule has 0 radical (unpaired) electrons. The number of thiazole rings is 1. The number of aromatic nitrogens is 3. The van der Waals surface area contributed by atoms with Crippen molar-refractivity contribution in [3.05, 3.63) is 16.2 Å². The van der Waals surface area contributed by atoms with Crippen LogP contribution in [0.3, 0.4) is 0 Å². The summed E-state index contributed by atoms with van der Waals surface area (Å²) in [7, 11) is 0. The summed E-state index contributed by atoms with van der Waals surface area (Å²) in [5, 5.41) is 6.95. The molecule has 0 aromatic carbocycles. The van der Waals surface area contributed by atoms with Crippen molar-refractivity contribution >= 4 is 11.3 Å². The molecular weight excluding hydrogens is 290 g/mol. The van der Waals surface area contributed by atoms with Gasteiger partial charge in [0.05, 0.1) is 11.6 Å². The first-order valence-electron chi connectivity index (χ1n) is 7.12. The van der Waals surface area contributed by atoms with Crippen molar-refractivity contribution < 1.29 is 9.26 Å². The van der Waals surface area contributed by atoms with Gasteiger partial charge < -0.3 is 15.0 Å². The SMILES string of the molecule is CCN1CCOC(c2noc(-c3csc(CCN)n3)n2)C1. The van der Waals surface area contributed by atoms with E-state index in [-0.39, 0.29) is 6.10 Å². The van der Waals surface area contributed by atoms with Crippen LogP contribution in [0.1, 0.15) is 23.9 Å². The maximum Gasteiger partial charge on any atom is 0.277 e. The van der Waals surface area contributed by atoms with Crippen LogP contribution in [0.15, 0.2) is 9.90 Å². The van der Waals surface area contributed by atoms with Gasteiger partial charge in [-0.2, -0.15) is 4.98 Å². The monoisotopic (exact) mass is 309 g/mol. The van der Waals surface area contributed by atoms with Crippen molar-refractivity contribution in [1.29, 1.82) is 0 Å². The van der Waals surface area contributed by atoms with Crippen molar-refractivity contribution in [3.8, 4) is 11.6 Å². The molecule has 21 heavy (non-hydrogen) atoms. The minimum absolute atomic E-state index is 0.127. The lowest BCUT2D eigenvalue weighted by atomic mass is 10.2. The maximum absolute atomic E-state index is 5.73. The first-order valence-corrected chi connectivity index (χ1v) is 8.00. The summed E-state index contributed by atoms with van der Waals surface area (Å²) in [4.78, 5) is 11.2. The molecule has 2 N–H and O–H groups in total. The summed E-state index contributed by atoms with van der Waals surface area (Å²) >= 11 is 1.56. The fourth-order valence-corrected chi connectivity index (χ4v) is 3.05. The highest BCUT2D eigenvalue weighted by molar-refractivity contribution is 7.09. The van der Waals surface area contributed by atoms with Crippen LogP contribution in [0.2, 0.25) is 0 Å². The van der Waals surface area contributed by atoms with Crippen LogP contribution < -0.4 is 5.73 Å². The van der Waals surface area contributed by atoms with Gasteiger partial charge in [-0.15, -0.1) is 11.3 Å².